The highest BCUT2D eigenvalue weighted by Gasteiger charge is 2.09. The average molecular weight is 277 g/mol. The maximum absolute atomic E-state index is 6.12. The molecule has 0 bridgehead atoms. The van der Waals surface area contributed by atoms with Gasteiger partial charge in [-0.2, -0.15) is 5.10 Å². The van der Waals surface area contributed by atoms with Gasteiger partial charge in [0.25, 0.3) is 0 Å². The fourth-order valence-corrected chi connectivity index (χ4v) is 2.44. The van der Waals surface area contributed by atoms with Crippen LogP contribution >= 0.6 is 0 Å². The number of para-hydroxylation sites is 1. The lowest BCUT2D eigenvalue weighted by molar-refractivity contribution is 0.884. The van der Waals surface area contributed by atoms with E-state index in [9.17, 15) is 0 Å². The molecule has 0 unspecified atom stereocenters. The maximum atomic E-state index is 6.12. The Balaban J connectivity index is 1.94. The third-order valence-corrected chi connectivity index (χ3v) is 3.53. The van der Waals surface area contributed by atoms with Gasteiger partial charge in [-0.15, -0.1) is 0 Å². The Morgan fingerprint density at radius 1 is 1.00 bits per heavy atom. The van der Waals surface area contributed by atoms with Gasteiger partial charge in [0.2, 0.25) is 0 Å². The van der Waals surface area contributed by atoms with Crippen LogP contribution in [0.25, 0.3) is 16.9 Å². The molecule has 0 aliphatic carbocycles. The van der Waals surface area contributed by atoms with Crippen LogP contribution in [0, 0.1) is 0 Å². The lowest BCUT2D eigenvalue weighted by Crippen LogP contribution is -1.94. The largest absolute Gasteiger partial charge is 0.396 e. The van der Waals surface area contributed by atoms with Gasteiger partial charge in [0, 0.05) is 5.56 Å². The Bertz CT molecular complexity index is 712. The molecule has 106 valence electrons. The van der Waals surface area contributed by atoms with Gasteiger partial charge >= 0.3 is 0 Å². The number of benzene rings is 2. The Hall–Kier alpha value is -2.55. The molecule has 0 amide bonds. The molecule has 0 radical (unpaired) electrons. The number of rotatable bonds is 4. The summed E-state index contributed by atoms with van der Waals surface area (Å²) in [5, 5.41) is 4.62. The zero-order valence-corrected chi connectivity index (χ0v) is 12.2. The summed E-state index contributed by atoms with van der Waals surface area (Å²) in [6.07, 6.45) is 4.13. The Morgan fingerprint density at radius 3 is 2.38 bits per heavy atom. The second-order valence-electron chi connectivity index (χ2n) is 5.16. The molecule has 1 aromatic heterocycles. The van der Waals surface area contributed by atoms with E-state index < -0.39 is 0 Å². The number of hydrogen-bond acceptors (Lipinski definition) is 2. The van der Waals surface area contributed by atoms with E-state index in [1.54, 1.807) is 0 Å². The van der Waals surface area contributed by atoms with Crippen LogP contribution in [0.1, 0.15) is 18.9 Å². The van der Waals surface area contributed by atoms with Gasteiger partial charge in [-0.05, 0) is 24.1 Å². The number of nitrogens with zero attached hydrogens (tertiary/aromatic N) is 2. The molecular formula is C18H19N3. The highest BCUT2D eigenvalue weighted by molar-refractivity contribution is 5.72. The first-order valence-electron chi connectivity index (χ1n) is 7.28. The first-order chi connectivity index (χ1) is 10.3. The van der Waals surface area contributed by atoms with Crippen molar-refractivity contribution < 1.29 is 0 Å². The molecule has 0 fully saturated rings. The summed E-state index contributed by atoms with van der Waals surface area (Å²) in [7, 11) is 0. The van der Waals surface area contributed by atoms with E-state index in [1.165, 1.54) is 5.56 Å². The molecule has 0 saturated carbocycles. The number of aromatic nitrogens is 2. The topological polar surface area (TPSA) is 43.8 Å². The maximum Gasteiger partial charge on any atom is 0.116 e. The van der Waals surface area contributed by atoms with E-state index in [1.807, 2.05) is 41.2 Å². The monoisotopic (exact) mass is 277 g/mol. The van der Waals surface area contributed by atoms with Crippen molar-refractivity contribution in [3.8, 4) is 16.9 Å². The van der Waals surface area contributed by atoms with Crippen molar-refractivity contribution in [3.63, 3.8) is 0 Å². The second kappa shape index (κ2) is 5.83. The van der Waals surface area contributed by atoms with Gasteiger partial charge in [0.05, 0.1) is 17.6 Å². The molecule has 21 heavy (non-hydrogen) atoms. The first kappa shape index (κ1) is 13.4. The van der Waals surface area contributed by atoms with Crippen molar-refractivity contribution in [2.75, 3.05) is 5.73 Å². The number of nitrogens with two attached hydrogens (primary N) is 1. The van der Waals surface area contributed by atoms with Gasteiger partial charge in [-0.25, -0.2) is 4.68 Å². The van der Waals surface area contributed by atoms with Crippen molar-refractivity contribution >= 4 is 5.69 Å². The summed E-state index contributed by atoms with van der Waals surface area (Å²) >= 11 is 0. The molecule has 0 aliphatic rings. The predicted octanol–water partition coefficient (Wildman–Crippen LogP) is 4.07. The third kappa shape index (κ3) is 2.82. The van der Waals surface area contributed by atoms with Gasteiger partial charge in [-0.1, -0.05) is 55.8 Å². The Labute approximate surface area is 125 Å². The van der Waals surface area contributed by atoms with Crippen LogP contribution in [0.2, 0.25) is 0 Å². The summed E-state index contributed by atoms with van der Waals surface area (Å²) in [6, 6.07) is 18.5. The predicted molar refractivity (Wildman–Crippen MR) is 87.4 cm³/mol. The van der Waals surface area contributed by atoms with Gasteiger partial charge in [-0.3, -0.25) is 0 Å². The number of anilines is 1. The van der Waals surface area contributed by atoms with Gasteiger partial charge < -0.3 is 5.73 Å². The van der Waals surface area contributed by atoms with Crippen molar-refractivity contribution in [2.24, 2.45) is 0 Å². The quantitative estimate of drug-likeness (QED) is 0.781. The Kier molecular flexibility index (Phi) is 3.73. The van der Waals surface area contributed by atoms with Crippen LogP contribution in [0.3, 0.4) is 0 Å². The van der Waals surface area contributed by atoms with E-state index in [-0.39, 0.29) is 0 Å². The third-order valence-electron chi connectivity index (χ3n) is 3.53. The second-order valence-corrected chi connectivity index (χ2v) is 5.16. The molecule has 3 nitrogen and oxygen atoms in total. The molecule has 2 aromatic carbocycles. The fraction of sp³-hybridized carbons (Fsp3) is 0.167. The van der Waals surface area contributed by atoms with Crippen molar-refractivity contribution in [2.45, 2.75) is 19.8 Å². The summed E-state index contributed by atoms with van der Waals surface area (Å²) < 4.78 is 1.82. The zero-order chi connectivity index (χ0) is 14.7. The van der Waals surface area contributed by atoms with Crippen LogP contribution in [0.5, 0.6) is 0 Å². The first-order valence-corrected chi connectivity index (χ1v) is 7.28. The van der Waals surface area contributed by atoms with Crippen molar-refractivity contribution in [3.05, 3.63) is 66.4 Å². The molecule has 0 atom stereocenters. The standard InChI is InChI=1S/C18H19N3/c1-2-6-14-9-11-15(12-10-14)18-17(19)13-21(20-18)16-7-4-3-5-8-16/h3-5,7-13H,2,6,19H2,1H3. The lowest BCUT2D eigenvalue weighted by Gasteiger charge is -2.02. The summed E-state index contributed by atoms with van der Waals surface area (Å²) in [5.74, 6) is 0. The number of hydrogen-bond donors (Lipinski definition) is 1. The lowest BCUT2D eigenvalue weighted by atomic mass is 10.1. The zero-order valence-electron chi connectivity index (χ0n) is 12.2. The van der Waals surface area contributed by atoms with E-state index in [0.29, 0.717) is 5.69 Å². The highest BCUT2D eigenvalue weighted by Crippen LogP contribution is 2.25. The molecule has 1 heterocycles. The molecule has 3 rings (SSSR count). The molecule has 3 aromatic rings. The highest BCUT2D eigenvalue weighted by atomic mass is 15.3. The SMILES string of the molecule is CCCc1ccc(-c2nn(-c3ccccc3)cc2N)cc1. The van der Waals surface area contributed by atoms with E-state index in [2.05, 4.69) is 36.3 Å². The van der Waals surface area contributed by atoms with Gasteiger partial charge in [0.1, 0.15) is 5.69 Å². The van der Waals surface area contributed by atoms with Crippen LogP contribution < -0.4 is 5.73 Å². The van der Waals surface area contributed by atoms with Crippen LogP contribution in [0.15, 0.2) is 60.8 Å². The summed E-state index contributed by atoms with van der Waals surface area (Å²) in [6.45, 7) is 2.19. The molecule has 0 aliphatic heterocycles. The number of nitrogen functional groups attached to an aromatic ring is 1. The van der Waals surface area contributed by atoms with E-state index in [0.717, 1.165) is 29.8 Å². The summed E-state index contributed by atoms with van der Waals surface area (Å²) in [4.78, 5) is 0. The van der Waals surface area contributed by atoms with Gasteiger partial charge in [0.15, 0.2) is 0 Å². The molecule has 0 saturated heterocycles. The molecule has 3 heteroatoms. The minimum absolute atomic E-state index is 0.696. The van der Waals surface area contributed by atoms with E-state index >= 15 is 0 Å². The molecular weight excluding hydrogens is 258 g/mol. The van der Waals surface area contributed by atoms with E-state index in [4.69, 9.17) is 5.73 Å². The van der Waals surface area contributed by atoms with Crippen LogP contribution in [-0.2, 0) is 6.42 Å². The molecule has 0 spiro atoms. The fourth-order valence-electron chi connectivity index (χ4n) is 2.44. The summed E-state index contributed by atoms with van der Waals surface area (Å²) in [5.41, 5.74) is 11.1. The minimum atomic E-state index is 0.696. The van der Waals surface area contributed by atoms with Crippen molar-refractivity contribution in [1.82, 2.24) is 9.78 Å². The van der Waals surface area contributed by atoms with Crippen LogP contribution in [-0.4, -0.2) is 9.78 Å². The smallest absolute Gasteiger partial charge is 0.116 e. The Morgan fingerprint density at radius 2 is 1.71 bits per heavy atom. The van der Waals surface area contributed by atoms with Crippen LogP contribution in [0.4, 0.5) is 5.69 Å². The van der Waals surface area contributed by atoms with Crippen molar-refractivity contribution in [1.29, 1.82) is 0 Å². The molecule has 2 N–H and O–H groups in total. The number of aryl methyl sites for hydroxylation is 1. The minimum Gasteiger partial charge on any atom is -0.396 e. The normalized spacial score (nSPS) is 10.7. The average Bonchev–Trinajstić information content (AvgIpc) is 2.91.